The lowest BCUT2D eigenvalue weighted by Crippen LogP contribution is -2.44. The molecular formula is C27H32N6. The van der Waals surface area contributed by atoms with Crippen molar-refractivity contribution in [2.75, 3.05) is 31.1 Å². The molecule has 4 heterocycles. The first-order chi connectivity index (χ1) is 16.3. The number of hydrogen-bond acceptors (Lipinski definition) is 5. The van der Waals surface area contributed by atoms with Crippen molar-refractivity contribution in [1.82, 2.24) is 19.5 Å². The molecule has 0 amide bonds. The Labute approximate surface area is 196 Å². The van der Waals surface area contributed by atoms with Gasteiger partial charge in [-0.3, -0.25) is 4.99 Å². The molecule has 0 bridgehead atoms. The highest BCUT2D eigenvalue weighted by Crippen LogP contribution is 2.27. The molecule has 5 rings (SSSR count). The molecule has 2 aromatic heterocycles. The van der Waals surface area contributed by atoms with Gasteiger partial charge in [0.15, 0.2) is 5.65 Å². The quantitative estimate of drug-likeness (QED) is 0.497. The van der Waals surface area contributed by atoms with Crippen LogP contribution in [-0.2, 0) is 6.42 Å². The van der Waals surface area contributed by atoms with E-state index in [1.54, 1.807) is 12.3 Å². The predicted octanol–water partition coefficient (Wildman–Crippen LogP) is 4.77. The van der Waals surface area contributed by atoms with Crippen molar-refractivity contribution < 1.29 is 0 Å². The fourth-order valence-electron chi connectivity index (χ4n) is 5.05. The first-order valence-electron chi connectivity index (χ1n) is 12.1. The van der Waals surface area contributed by atoms with Gasteiger partial charge in [-0.25, -0.2) is 9.50 Å². The van der Waals surface area contributed by atoms with Crippen molar-refractivity contribution in [1.29, 1.82) is 0 Å². The van der Waals surface area contributed by atoms with Crippen LogP contribution in [0.3, 0.4) is 0 Å². The van der Waals surface area contributed by atoms with Crippen molar-refractivity contribution in [2.45, 2.75) is 38.1 Å². The van der Waals surface area contributed by atoms with Crippen LogP contribution in [0.25, 0.3) is 16.9 Å². The zero-order valence-corrected chi connectivity index (χ0v) is 19.2. The Bertz CT molecular complexity index is 1130. The second-order valence-electron chi connectivity index (χ2n) is 8.82. The number of benzene rings is 1. The molecule has 6 nitrogen and oxygen atoms in total. The molecule has 0 unspecified atom stereocenters. The van der Waals surface area contributed by atoms with Gasteiger partial charge in [-0.05, 0) is 50.9 Å². The number of piperidine rings is 1. The fourth-order valence-corrected chi connectivity index (χ4v) is 5.05. The first kappa shape index (κ1) is 21.6. The Balaban J connectivity index is 1.42. The molecule has 0 saturated carbocycles. The number of imidazole rings is 1. The summed E-state index contributed by atoms with van der Waals surface area (Å²) in [5, 5.41) is 5.06. The van der Waals surface area contributed by atoms with E-state index in [4.69, 9.17) is 10.1 Å². The van der Waals surface area contributed by atoms with Crippen molar-refractivity contribution in [3.63, 3.8) is 0 Å². The second-order valence-corrected chi connectivity index (χ2v) is 8.82. The van der Waals surface area contributed by atoms with Crippen LogP contribution in [0.15, 0.2) is 72.4 Å². The molecule has 170 valence electrons. The number of hydrogen-bond donors (Lipinski definition) is 0. The van der Waals surface area contributed by atoms with Crippen LogP contribution in [0.1, 0.15) is 31.4 Å². The number of allylic oxidation sites excluding steroid dienone is 2. The largest absolute Gasteiger partial charge is 0.355 e. The van der Waals surface area contributed by atoms with Gasteiger partial charge in [0, 0.05) is 43.5 Å². The van der Waals surface area contributed by atoms with E-state index in [9.17, 15) is 0 Å². The zero-order valence-electron chi connectivity index (χ0n) is 19.2. The summed E-state index contributed by atoms with van der Waals surface area (Å²) in [5.74, 6) is 1.04. The van der Waals surface area contributed by atoms with E-state index in [1.165, 1.54) is 38.8 Å². The lowest BCUT2D eigenvalue weighted by molar-refractivity contribution is 0.207. The third-order valence-electron chi connectivity index (χ3n) is 6.74. The van der Waals surface area contributed by atoms with Crippen LogP contribution < -0.4 is 4.90 Å². The zero-order chi connectivity index (χ0) is 22.5. The summed E-state index contributed by atoms with van der Waals surface area (Å²) in [4.78, 5) is 14.3. The van der Waals surface area contributed by atoms with Gasteiger partial charge >= 0.3 is 0 Å². The van der Waals surface area contributed by atoms with Crippen LogP contribution in [-0.4, -0.2) is 57.9 Å². The maximum absolute atomic E-state index is 5.06. The number of aliphatic imine (C=N–C) groups is 1. The van der Waals surface area contributed by atoms with Crippen LogP contribution in [0, 0.1) is 0 Å². The van der Waals surface area contributed by atoms with Crippen molar-refractivity contribution in [2.24, 2.45) is 4.99 Å². The SMILES string of the molecule is C=CC=N/C=C\Cc1c(-c2ccccc2)nc2ccc(N3CCC(N4CCCC4)CC3)nn12. The van der Waals surface area contributed by atoms with Gasteiger partial charge in [0.2, 0.25) is 0 Å². The normalized spacial score (nSPS) is 18.2. The Hall–Kier alpha value is -3.25. The van der Waals surface area contributed by atoms with E-state index in [0.717, 1.165) is 47.5 Å². The van der Waals surface area contributed by atoms with E-state index >= 15 is 0 Å². The molecule has 6 heteroatoms. The summed E-state index contributed by atoms with van der Waals surface area (Å²) in [6.07, 6.45) is 13.1. The predicted molar refractivity (Wildman–Crippen MR) is 136 cm³/mol. The Morgan fingerprint density at radius 2 is 1.79 bits per heavy atom. The summed E-state index contributed by atoms with van der Waals surface area (Å²) >= 11 is 0. The lowest BCUT2D eigenvalue weighted by atomic mass is 10.0. The number of likely N-dealkylation sites (tertiary alicyclic amines) is 1. The third kappa shape index (κ3) is 4.76. The molecule has 3 aromatic rings. The molecule has 0 atom stereocenters. The number of anilines is 1. The van der Waals surface area contributed by atoms with Gasteiger partial charge in [-0.1, -0.05) is 49.1 Å². The van der Waals surface area contributed by atoms with Crippen molar-refractivity contribution >= 4 is 17.7 Å². The minimum Gasteiger partial charge on any atom is -0.355 e. The molecule has 2 aliphatic rings. The molecule has 2 saturated heterocycles. The molecular weight excluding hydrogens is 408 g/mol. The molecule has 0 spiro atoms. The maximum atomic E-state index is 5.06. The molecule has 0 radical (unpaired) electrons. The van der Waals surface area contributed by atoms with Gasteiger partial charge in [0.25, 0.3) is 0 Å². The lowest BCUT2D eigenvalue weighted by Gasteiger charge is -2.37. The minimum atomic E-state index is 0.702. The molecule has 0 N–H and O–H groups in total. The highest BCUT2D eigenvalue weighted by Gasteiger charge is 2.27. The summed E-state index contributed by atoms with van der Waals surface area (Å²) in [6, 6.07) is 15.3. The van der Waals surface area contributed by atoms with Crippen LogP contribution >= 0.6 is 0 Å². The van der Waals surface area contributed by atoms with Gasteiger partial charge in [-0.15, -0.1) is 5.10 Å². The number of rotatable bonds is 7. The number of aromatic nitrogens is 3. The fraction of sp³-hybridized carbons (Fsp3) is 0.370. The number of fused-ring (bicyclic) bond motifs is 1. The van der Waals surface area contributed by atoms with E-state index in [-0.39, 0.29) is 0 Å². The Kier molecular flexibility index (Phi) is 6.63. The standard InChI is InChI=1S/C27H32N6/c1-2-16-28-17-8-11-24-27(22-9-4-3-5-10-22)29-25-12-13-26(30-33(24)25)32-20-14-23(15-21-32)31-18-6-7-19-31/h2-5,8-10,12-13,16-17,23H,1,6-7,11,14-15,18-21H2/b17-8-,28-16?. The van der Waals surface area contributed by atoms with E-state index < -0.39 is 0 Å². The summed E-state index contributed by atoms with van der Waals surface area (Å²) in [6.45, 7) is 8.35. The summed E-state index contributed by atoms with van der Waals surface area (Å²) in [7, 11) is 0. The highest BCUT2D eigenvalue weighted by molar-refractivity contribution is 5.70. The van der Waals surface area contributed by atoms with Crippen LogP contribution in [0.4, 0.5) is 5.82 Å². The summed E-state index contributed by atoms with van der Waals surface area (Å²) in [5.41, 5.74) is 4.04. The minimum absolute atomic E-state index is 0.702. The average molecular weight is 441 g/mol. The molecule has 1 aromatic carbocycles. The van der Waals surface area contributed by atoms with Gasteiger partial charge in [0.05, 0.1) is 11.4 Å². The van der Waals surface area contributed by atoms with Crippen molar-refractivity contribution in [3.8, 4) is 11.3 Å². The smallest absolute Gasteiger partial charge is 0.154 e. The summed E-state index contributed by atoms with van der Waals surface area (Å²) < 4.78 is 2.02. The van der Waals surface area contributed by atoms with E-state index in [1.807, 2.05) is 22.9 Å². The Morgan fingerprint density at radius 3 is 2.55 bits per heavy atom. The van der Waals surface area contributed by atoms with Gasteiger partial charge in [-0.2, -0.15) is 0 Å². The monoisotopic (exact) mass is 440 g/mol. The molecule has 2 aliphatic heterocycles. The number of nitrogens with zero attached hydrogens (tertiary/aromatic N) is 6. The first-order valence-corrected chi connectivity index (χ1v) is 12.1. The average Bonchev–Trinajstić information content (AvgIpc) is 3.53. The van der Waals surface area contributed by atoms with Crippen LogP contribution in [0.5, 0.6) is 0 Å². The maximum Gasteiger partial charge on any atom is 0.154 e. The van der Waals surface area contributed by atoms with Crippen LogP contribution in [0.2, 0.25) is 0 Å². The Morgan fingerprint density at radius 1 is 1.00 bits per heavy atom. The molecule has 33 heavy (non-hydrogen) atoms. The topological polar surface area (TPSA) is 49.0 Å². The van der Waals surface area contributed by atoms with Gasteiger partial charge < -0.3 is 9.80 Å². The van der Waals surface area contributed by atoms with E-state index in [2.05, 4.69) is 57.8 Å². The third-order valence-corrected chi connectivity index (χ3v) is 6.74. The highest BCUT2D eigenvalue weighted by atomic mass is 15.3. The second kappa shape index (κ2) is 10.1. The van der Waals surface area contributed by atoms with Gasteiger partial charge in [0.1, 0.15) is 5.82 Å². The molecule has 2 fully saturated rings. The molecule has 0 aliphatic carbocycles. The van der Waals surface area contributed by atoms with E-state index in [0.29, 0.717) is 6.42 Å². The van der Waals surface area contributed by atoms with Crippen molar-refractivity contribution in [3.05, 3.63) is 73.1 Å².